The van der Waals surface area contributed by atoms with Gasteiger partial charge in [0, 0.05) is 27.9 Å². The molecular weight excluding hydrogens is 439 g/mol. The molecule has 0 saturated carbocycles. The monoisotopic (exact) mass is 466 g/mol. The summed E-state index contributed by atoms with van der Waals surface area (Å²) in [5.41, 5.74) is 1.60. The lowest BCUT2D eigenvalue weighted by Gasteiger charge is -2.31. The van der Waals surface area contributed by atoms with Gasteiger partial charge in [-0.05, 0) is 63.1 Å². The highest BCUT2D eigenvalue weighted by Gasteiger charge is 2.28. The molecule has 7 heteroatoms. The molecule has 0 heterocycles. The van der Waals surface area contributed by atoms with E-state index in [2.05, 4.69) is 5.32 Å². The number of nitrogens with zero attached hydrogens (tertiary/aromatic N) is 1. The van der Waals surface area contributed by atoms with Gasteiger partial charge >= 0.3 is 0 Å². The number of carbonyl (C=O) groups excluding carboxylic acids is 2. The summed E-state index contributed by atoms with van der Waals surface area (Å²) in [6.07, 6.45) is 0. The van der Waals surface area contributed by atoms with E-state index in [9.17, 15) is 9.59 Å². The van der Waals surface area contributed by atoms with Gasteiger partial charge in [0.2, 0.25) is 11.8 Å². The number of thioether (sulfide) groups is 1. The Bertz CT molecular complexity index is 866. The summed E-state index contributed by atoms with van der Waals surface area (Å²) in [6, 6.07) is 14.3. The first kappa shape index (κ1) is 24.6. The number of halogens is 2. The van der Waals surface area contributed by atoms with Gasteiger partial charge < -0.3 is 10.2 Å². The number of benzene rings is 2. The van der Waals surface area contributed by atoms with E-state index in [-0.39, 0.29) is 23.1 Å². The lowest BCUT2D eigenvalue weighted by atomic mass is 10.1. The van der Waals surface area contributed by atoms with Crippen LogP contribution in [0.4, 0.5) is 0 Å². The molecule has 0 spiro atoms. The maximum absolute atomic E-state index is 13.1. The van der Waals surface area contributed by atoms with Crippen molar-refractivity contribution in [2.45, 2.75) is 51.6 Å². The summed E-state index contributed by atoms with van der Waals surface area (Å²) >= 11 is 13.5. The van der Waals surface area contributed by atoms with Crippen molar-refractivity contribution in [2.75, 3.05) is 5.75 Å². The van der Waals surface area contributed by atoms with Crippen LogP contribution in [0.25, 0.3) is 0 Å². The van der Waals surface area contributed by atoms with Crippen LogP contribution < -0.4 is 5.32 Å². The number of amides is 2. The van der Waals surface area contributed by atoms with Crippen molar-refractivity contribution in [3.05, 3.63) is 69.7 Å². The Labute approximate surface area is 193 Å². The molecule has 0 saturated heterocycles. The standard InChI is InChI=1S/C23H28Cl2N2O2S/c1-16(22(29)26-23(2,3)4)27(13-17-8-10-19(24)11-9-17)21(28)15-30-14-18-6-5-7-20(25)12-18/h5-12,16H,13-15H2,1-4H3,(H,26,29). The highest BCUT2D eigenvalue weighted by atomic mass is 35.5. The molecule has 162 valence electrons. The molecule has 1 atom stereocenters. The average Bonchev–Trinajstić information content (AvgIpc) is 2.65. The van der Waals surface area contributed by atoms with Gasteiger partial charge in [-0.3, -0.25) is 9.59 Å². The molecule has 2 amide bonds. The molecule has 30 heavy (non-hydrogen) atoms. The van der Waals surface area contributed by atoms with Gasteiger partial charge in [0.1, 0.15) is 6.04 Å². The van der Waals surface area contributed by atoms with Crippen molar-refractivity contribution >= 4 is 46.8 Å². The van der Waals surface area contributed by atoms with Gasteiger partial charge in [0.15, 0.2) is 0 Å². The first-order valence-corrected chi connectivity index (χ1v) is 11.6. The quantitative estimate of drug-likeness (QED) is 0.553. The smallest absolute Gasteiger partial charge is 0.242 e. The zero-order valence-electron chi connectivity index (χ0n) is 17.7. The predicted molar refractivity (Wildman–Crippen MR) is 127 cm³/mol. The largest absolute Gasteiger partial charge is 0.350 e. The molecule has 0 aliphatic rings. The van der Waals surface area contributed by atoms with Crippen molar-refractivity contribution in [1.29, 1.82) is 0 Å². The second-order valence-corrected chi connectivity index (χ2v) is 10.0. The third-order valence-electron chi connectivity index (χ3n) is 4.31. The molecule has 2 rings (SSSR count). The average molecular weight is 467 g/mol. The highest BCUT2D eigenvalue weighted by Crippen LogP contribution is 2.19. The normalized spacial score (nSPS) is 12.3. The fourth-order valence-corrected chi connectivity index (χ4v) is 4.01. The van der Waals surface area contributed by atoms with Crippen molar-refractivity contribution in [1.82, 2.24) is 10.2 Å². The molecule has 2 aromatic carbocycles. The molecule has 0 bridgehead atoms. The van der Waals surface area contributed by atoms with Gasteiger partial charge in [0.25, 0.3) is 0 Å². The number of rotatable bonds is 8. The van der Waals surface area contributed by atoms with Crippen LogP contribution in [-0.2, 0) is 21.9 Å². The Hall–Kier alpha value is -1.69. The molecule has 0 aliphatic heterocycles. The van der Waals surface area contributed by atoms with Gasteiger partial charge in [-0.15, -0.1) is 11.8 Å². The van der Waals surface area contributed by atoms with Gasteiger partial charge in [-0.1, -0.05) is 47.5 Å². The minimum atomic E-state index is -0.598. The van der Waals surface area contributed by atoms with Crippen molar-refractivity contribution in [2.24, 2.45) is 0 Å². The van der Waals surface area contributed by atoms with Gasteiger partial charge in [-0.25, -0.2) is 0 Å². The topological polar surface area (TPSA) is 49.4 Å². The number of hydrogen-bond donors (Lipinski definition) is 1. The van der Waals surface area contributed by atoms with Crippen LogP contribution in [0.5, 0.6) is 0 Å². The van der Waals surface area contributed by atoms with Crippen LogP contribution in [0, 0.1) is 0 Å². The Morgan fingerprint density at radius 2 is 1.70 bits per heavy atom. The number of carbonyl (C=O) groups is 2. The Kier molecular flexibility index (Phi) is 9.08. The summed E-state index contributed by atoms with van der Waals surface area (Å²) in [7, 11) is 0. The first-order valence-electron chi connectivity index (χ1n) is 9.73. The van der Waals surface area contributed by atoms with Crippen molar-refractivity contribution in [3.8, 4) is 0 Å². The molecule has 1 N–H and O–H groups in total. The molecular formula is C23H28Cl2N2O2S. The lowest BCUT2D eigenvalue weighted by Crippen LogP contribution is -2.52. The van der Waals surface area contributed by atoms with E-state index in [1.807, 2.05) is 57.2 Å². The summed E-state index contributed by atoms with van der Waals surface area (Å²) in [4.78, 5) is 27.4. The van der Waals surface area contributed by atoms with E-state index in [0.29, 0.717) is 22.3 Å². The summed E-state index contributed by atoms with van der Waals surface area (Å²) in [6.45, 7) is 7.86. The Morgan fingerprint density at radius 3 is 2.30 bits per heavy atom. The minimum Gasteiger partial charge on any atom is -0.350 e. The van der Waals surface area contributed by atoms with Crippen molar-refractivity contribution in [3.63, 3.8) is 0 Å². The van der Waals surface area contributed by atoms with E-state index in [1.54, 1.807) is 24.0 Å². The Balaban J connectivity index is 2.09. The number of nitrogens with one attached hydrogen (secondary N) is 1. The van der Waals surface area contributed by atoms with E-state index >= 15 is 0 Å². The SMILES string of the molecule is CC(C(=O)NC(C)(C)C)N(Cc1ccc(Cl)cc1)C(=O)CSCc1cccc(Cl)c1. The molecule has 0 fully saturated rings. The maximum Gasteiger partial charge on any atom is 0.242 e. The summed E-state index contributed by atoms with van der Waals surface area (Å²) < 4.78 is 0. The van der Waals surface area contributed by atoms with E-state index in [4.69, 9.17) is 23.2 Å². The van der Waals surface area contributed by atoms with Crippen molar-refractivity contribution < 1.29 is 9.59 Å². The van der Waals surface area contributed by atoms with Crippen LogP contribution in [0.3, 0.4) is 0 Å². The van der Waals surface area contributed by atoms with E-state index in [1.165, 1.54) is 11.8 Å². The molecule has 4 nitrogen and oxygen atoms in total. The second-order valence-electron chi connectivity index (χ2n) is 8.19. The molecule has 1 unspecified atom stereocenters. The lowest BCUT2D eigenvalue weighted by molar-refractivity contribution is -0.139. The predicted octanol–water partition coefficient (Wildman–Crippen LogP) is 5.56. The van der Waals surface area contributed by atoms with Crippen LogP contribution in [0.2, 0.25) is 10.0 Å². The van der Waals surface area contributed by atoms with E-state index in [0.717, 1.165) is 11.1 Å². The third kappa shape index (κ3) is 8.21. The zero-order chi connectivity index (χ0) is 22.3. The van der Waals surface area contributed by atoms with Crippen LogP contribution in [-0.4, -0.2) is 34.0 Å². The minimum absolute atomic E-state index is 0.0893. The maximum atomic E-state index is 13.1. The fraction of sp³-hybridized carbons (Fsp3) is 0.391. The Morgan fingerprint density at radius 1 is 1.03 bits per heavy atom. The molecule has 0 radical (unpaired) electrons. The van der Waals surface area contributed by atoms with Crippen LogP contribution >= 0.6 is 35.0 Å². The molecule has 0 aromatic heterocycles. The van der Waals surface area contributed by atoms with Gasteiger partial charge in [0.05, 0.1) is 5.75 Å². The summed E-state index contributed by atoms with van der Waals surface area (Å²) in [5.74, 6) is 0.676. The number of hydrogen-bond acceptors (Lipinski definition) is 3. The first-order chi connectivity index (χ1) is 14.0. The van der Waals surface area contributed by atoms with Crippen LogP contribution in [0.1, 0.15) is 38.8 Å². The fourth-order valence-electron chi connectivity index (χ4n) is 2.81. The molecule has 2 aromatic rings. The van der Waals surface area contributed by atoms with Gasteiger partial charge in [-0.2, -0.15) is 0 Å². The summed E-state index contributed by atoms with van der Waals surface area (Å²) in [5, 5.41) is 4.27. The third-order valence-corrected chi connectivity index (χ3v) is 5.79. The second kappa shape index (κ2) is 11.1. The van der Waals surface area contributed by atoms with E-state index < -0.39 is 6.04 Å². The zero-order valence-corrected chi connectivity index (χ0v) is 20.1. The molecule has 0 aliphatic carbocycles. The highest BCUT2D eigenvalue weighted by molar-refractivity contribution is 7.99. The van der Waals surface area contributed by atoms with Crippen LogP contribution in [0.15, 0.2) is 48.5 Å².